The second-order valence-electron chi connectivity index (χ2n) is 6.28. The number of hydrogen-bond acceptors (Lipinski definition) is 6. The summed E-state index contributed by atoms with van der Waals surface area (Å²) >= 11 is 0. The highest BCUT2D eigenvalue weighted by atomic mass is 19.1. The second-order valence-corrected chi connectivity index (χ2v) is 6.28. The molecule has 0 bridgehead atoms. The lowest BCUT2D eigenvalue weighted by Gasteiger charge is -2.08. The third kappa shape index (κ3) is 5.03. The third-order valence-electron chi connectivity index (χ3n) is 4.41. The molecule has 0 aliphatic carbocycles. The number of methoxy groups -OCH3 is 4. The molecule has 0 aliphatic heterocycles. The van der Waals surface area contributed by atoms with Crippen molar-refractivity contribution in [2.24, 2.45) is 0 Å². The zero-order valence-electron chi connectivity index (χ0n) is 17.4. The van der Waals surface area contributed by atoms with E-state index in [4.69, 9.17) is 23.5 Å². The molecule has 0 spiro atoms. The summed E-state index contributed by atoms with van der Waals surface area (Å²) in [6, 6.07) is 7.15. The maximum absolute atomic E-state index is 14.2. The number of aromatic nitrogens is 1. The van der Waals surface area contributed by atoms with Crippen LogP contribution in [0.5, 0.6) is 23.0 Å². The van der Waals surface area contributed by atoms with Gasteiger partial charge in [0.25, 0.3) is 0 Å². The molecular formula is C23H21F2NO5. The fraction of sp³-hybridized carbons (Fsp3) is 0.174. The van der Waals surface area contributed by atoms with E-state index in [0.717, 1.165) is 0 Å². The van der Waals surface area contributed by atoms with Crippen LogP contribution in [0, 0.1) is 11.6 Å². The van der Waals surface area contributed by atoms with Gasteiger partial charge in [-0.2, -0.15) is 0 Å². The van der Waals surface area contributed by atoms with E-state index >= 15 is 0 Å². The van der Waals surface area contributed by atoms with Crippen molar-refractivity contribution in [2.45, 2.75) is 0 Å². The van der Waals surface area contributed by atoms with E-state index in [-0.39, 0.29) is 0 Å². The Bertz CT molecular complexity index is 1040. The molecule has 0 fully saturated rings. The van der Waals surface area contributed by atoms with Crippen molar-refractivity contribution < 1.29 is 32.3 Å². The van der Waals surface area contributed by atoms with Gasteiger partial charge in [-0.1, -0.05) is 5.16 Å². The zero-order chi connectivity index (χ0) is 22.4. The Labute approximate surface area is 178 Å². The fourth-order valence-corrected chi connectivity index (χ4v) is 2.80. The van der Waals surface area contributed by atoms with Gasteiger partial charge in [0.05, 0.1) is 28.4 Å². The highest BCUT2D eigenvalue weighted by Gasteiger charge is 2.11. The molecular weight excluding hydrogens is 408 g/mol. The first-order valence-corrected chi connectivity index (χ1v) is 9.15. The number of nitrogens with zero attached hydrogens (tertiary/aromatic N) is 1. The van der Waals surface area contributed by atoms with Gasteiger partial charge in [0, 0.05) is 29.3 Å². The SMILES string of the molecule is COc1cc(F)c(/C=C/c2cc(/C=C/c3cc(OC)c(OC)cc3F)on2)cc1OC. The number of hydrogen-bond donors (Lipinski definition) is 0. The second kappa shape index (κ2) is 9.80. The summed E-state index contributed by atoms with van der Waals surface area (Å²) < 4.78 is 54.2. The average molecular weight is 429 g/mol. The van der Waals surface area contributed by atoms with Crippen LogP contribution in [0.2, 0.25) is 0 Å². The topological polar surface area (TPSA) is 63.0 Å². The molecule has 0 aliphatic rings. The first kappa shape index (κ1) is 21.9. The minimum atomic E-state index is -0.475. The Hall–Kier alpha value is -3.81. The van der Waals surface area contributed by atoms with E-state index in [1.165, 1.54) is 64.9 Å². The van der Waals surface area contributed by atoms with Gasteiger partial charge in [-0.3, -0.25) is 0 Å². The minimum absolute atomic E-state index is 0.290. The summed E-state index contributed by atoms with van der Waals surface area (Å²) in [5.41, 5.74) is 1.05. The van der Waals surface area contributed by atoms with Crippen molar-refractivity contribution in [3.63, 3.8) is 0 Å². The van der Waals surface area contributed by atoms with Crippen LogP contribution >= 0.6 is 0 Å². The van der Waals surface area contributed by atoms with Gasteiger partial charge in [-0.25, -0.2) is 8.78 Å². The van der Waals surface area contributed by atoms with Crippen LogP contribution in [0.1, 0.15) is 22.6 Å². The van der Waals surface area contributed by atoms with Crippen molar-refractivity contribution in [1.29, 1.82) is 0 Å². The molecule has 0 atom stereocenters. The molecule has 0 N–H and O–H groups in total. The molecule has 6 nitrogen and oxygen atoms in total. The first-order chi connectivity index (χ1) is 15.0. The van der Waals surface area contributed by atoms with E-state index in [1.54, 1.807) is 18.2 Å². The molecule has 8 heteroatoms. The van der Waals surface area contributed by atoms with Crippen LogP contribution in [0.3, 0.4) is 0 Å². The predicted octanol–water partition coefficient (Wildman–Crippen LogP) is 5.33. The third-order valence-corrected chi connectivity index (χ3v) is 4.41. The van der Waals surface area contributed by atoms with Gasteiger partial charge in [0.15, 0.2) is 28.8 Å². The van der Waals surface area contributed by atoms with Gasteiger partial charge in [0.1, 0.15) is 17.3 Å². The van der Waals surface area contributed by atoms with Crippen LogP contribution in [0.4, 0.5) is 8.78 Å². The van der Waals surface area contributed by atoms with Crippen LogP contribution in [0.25, 0.3) is 24.3 Å². The van der Waals surface area contributed by atoms with Crippen molar-refractivity contribution >= 4 is 24.3 Å². The molecule has 0 unspecified atom stereocenters. The van der Waals surface area contributed by atoms with Crippen LogP contribution in [0.15, 0.2) is 34.9 Å². The molecule has 2 aromatic carbocycles. The lowest BCUT2D eigenvalue weighted by atomic mass is 10.1. The lowest BCUT2D eigenvalue weighted by molar-refractivity contribution is 0.352. The molecule has 0 radical (unpaired) electrons. The van der Waals surface area contributed by atoms with Gasteiger partial charge >= 0.3 is 0 Å². The number of rotatable bonds is 8. The normalized spacial score (nSPS) is 11.3. The van der Waals surface area contributed by atoms with E-state index in [2.05, 4.69) is 5.16 Å². The summed E-state index contributed by atoms with van der Waals surface area (Å²) in [6.07, 6.45) is 6.21. The molecule has 31 heavy (non-hydrogen) atoms. The standard InChI is InChI=1S/C23H21F2NO5/c1-27-20-9-14(18(24)12-22(20)29-3)5-7-16-11-17(31-26-16)8-6-15-10-21(28-2)23(30-4)13-19(15)25/h5-13H,1-4H3/b7-5+,8-6+. The van der Waals surface area contributed by atoms with E-state index in [0.29, 0.717) is 45.6 Å². The molecule has 1 heterocycles. The van der Waals surface area contributed by atoms with Crippen molar-refractivity contribution in [2.75, 3.05) is 28.4 Å². The average Bonchev–Trinajstić information content (AvgIpc) is 3.24. The van der Waals surface area contributed by atoms with Crippen LogP contribution in [-0.2, 0) is 0 Å². The van der Waals surface area contributed by atoms with Crippen LogP contribution < -0.4 is 18.9 Å². The smallest absolute Gasteiger partial charge is 0.163 e. The van der Waals surface area contributed by atoms with Gasteiger partial charge in [-0.15, -0.1) is 0 Å². The Morgan fingerprint density at radius 3 is 1.58 bits per heavy atom. The predicted molar refractivity (Wildman–Crippen MR) is 113 cm³/mol. The Morgan fingerprint density at radius 2 is 1.10 bits per heavy atom. The maximum atomic E-state index is 14.2. The van der Waals surface area contributed by atoms with Gasteiger partial charge in [0.2, 0.25) is 0 Å². The summed E-state index contributed by atoms with van der Waals surface area (Å²) in [4.78, 5) is 0. The lowest BCUT2D eigenvalue weighted by Crippen LogP contribution is -1.93. The maximum Gasteiger partial charge on any atom is 0.163 e. The Balaban J connectivity index is 1.78. The van der Waals surface area contributed by atoms with Gasteiger partial charge in [-0.05, 0) is 36.4 Å². The molecule has 3 aromatic rings. The molecule has 0 saturated heterocycles. The van der Waals surface area contributed by atoms with E-state index in [1.807, 2.05) is 0 Å². The van der Waals surface area contributed by atoms with E-state index in [9.17, 15) is 8.78 Å². The number of halogens is 2. The Morgan fingerprint density at radius 1 is 0.645 bits per heavy atom. The van der Waals surface area contributed by atoms with E-state index < -0.39 is 11.6 Å². The minimum Gasteiger partial charge on any atom is -0.493 e. The zero-order valence-corrected chi connectivity index (χ0v) is 17.4. The van der Waals surface area contributed by atoms with Gasteiger partial charge < -0.3 is 23.5 Å². The molecule has 1 aromatic heterocycles. The summed E-state index contributed by atoms with van der Waals surface area (Å²) in [5.74, 6) is 0.853. The largest absolute Gasteiger partial charge is 0.493 e. The monoisotopic (exact) mass is 429 g/mol. The molecule has 0 saturated carbocycles. The summed E-state index contributed by atoms with van der Waals surface area (Å²) in [6.45, 7) is 0. The molecule has 0 amide bonds. The highest BCUT2D eigenvalue weighted by molar-refractivity contribution is 5.73. The van der Waals surface area contributed by atoms with Crippen molar-refractivity contribution in [3.05, 3.63) is 64.5 Å². The highest BCUT2D eigenvalue weighted by Crippen LogP contribution is 2.32. The van der Waals surface area contributed by atoms with Crippen molar-refractivity contribution in [3.8, 4) is 23.0 Å². The summed E-state index contributed by atoms with van der Waals surface area (Å²) in [7, 11) is 5.82. The first-order valence-electron chi connectivity index (χ1n) is 9.15. The number of ether oxygens (including phenoxy) is 4. The Kier molecular flexibility index (Phi) is 6.92. The summed E-state index contributed by atoms with van der Waals surface area (Å²) in [5, 5.41) is 3.90. The quantitative estimate of drug-likeness (QED) is 0.482. The molecule has 162 valence electrons. The number of benzene rings is 2. The fourth-order valence-electron chi connectivity index (χ4n) is 2.80. The van der Waals surface area contributed by atoms with Crippen LogP contribution in [-0.4, -0.2) is 33.6 Å². The molecule has 3 rings (SSSR count). The van der Waals surface area contributed by atoms with Crippen molar-refractivity contribution in [1.82, 2.24) is 5.16 Å².